The van der Waals surface area contributed by atoms with Gasteiger partial charge in [-0.3, -0.25) is 10.1 Å². The Morgan fingerprint density at radius 1 is 1.28 bits per heavy atom. The maximum absolute atomic E-state index is 12.1. The van der Waals surface area contributed by atoms with Crippen LogP contribution in [0.15, 0.2) is 47.1 Å². The normalized spacial score (nSPS) is 14.4. The van der Waals surface area contributed by atoms with E-state index in [-0.39, 0.29) is 11.7 Å². The van der Waals surface area contributed by atoms with Gasteiger partial charge in [0.25, 0.3) is 5.69 Å². The zero-order valence-electron chi connectivity index (χ0n) is 14.0. The molecule has 0 spiro atoms. The van der Waals surface area contributed by atoms with Crippen molar-refractivity contribution in [3.8, 4) is 0 Å². The number of non-ortho nitro benzene ring substituents is 1. The second-order valence-electron chi connectivity index (χ2n) is 5.86. The molecule has 1 heterocycles. The summed E-state index contributed by atoms with van der Waals surface area (Å²) < 4.78 is 5.12. The van der Waals surface area contributed by atoms with E-state index >= 15 is 0 Å². The highest BCUT2D eigenvalue weighted by Gasteiger charge is 2.18. The van der Waals surface area contributed by atoms with Crippen LogP contribution in [0.1, 0.15) is 43.7 Å². The van der Waals surface area contributed by atoms with Crippen LogP contribution in [0, 0.1) is 10.1 Å². The van der Waals surface area contributed by atoms with Gasteiger partial charge in [-0.05, 0) is 31.5 Å². The third kappa shape index (κ3) is 5.32. The molecule has 0 saturated carbocycles. The highest BCUT2D eigenvalue weighted by molar-refractivity contribution is 5.74. The Morgan fingerprint density at radius 3 is 2.68 bits per heavy atom. The van der Waals surface area contributed by atoms with Gasteiger partial charge in [-0.25, -0.2) is 4.79 Å². The van der Waals surface area contributed by atoms with E-state index in [4.69, 9.17) is 4.42 Å². The molecule has 1 aromatic carbocycles. The topological polar surface area (TPSA) is 118 Å². The van der Waals surface area contributed by atoms with Crippen LogP contribution in [-0.2, 0) is 0 Å². The zero-order chi connectivity index (χ0) is 18.4. The van der Waals surface area contributed by atoms with Crippen molar-refractivity contribution in [3.63, 3.8) is 0 Å². The number of nitrogens with zero attached hydrogens (tertiary/aromatic N) is 1. The van der Waals surface area contributed by atoms with E-state index in [1.807, 2.05) is 0 Å². The van der Waals surface area contributed by atoms with Crippen LogP contribution < -0.4 is 10.6 Å². The molecule has 0 fully saturated rings. The minimum absolute atomic E-state index is 0.0264. The molecule has 3 N–H and O–H groups in total. The average molecular weight is 347 g/mol. The highest BCUT2D eigenvalue weighted by atomic mass is 16.6. The van der Waals surface area contributed by atoms with Crippen LogP contribution in [0.4, 0.5) is 10.5 Å². The minimum atomic E-state index is -0.806. The molecule has 2 amide bonds. The second-order valence-corrected chi connectivity index (χ2v) is 5.86. The standard InChI is InChI=1S/C17H21N3O5/c1-11(9-15(21)16-7-4-8-25-16)18-17(22)19-12(2)13-5-3-6-14(10-13)20(23)24/h3-8,10-12,15,21H,9H2,1-2H3,(H2,18,19,22)/t11-,12+,15-/m1/s1. The summed E-state index contributed by atoms with van der Waals surface area (Å²) >= 11 is 0. The number of aliphatic hydroxyl groups is 1. The number of rotatable bonds is 7. The Morgan fingerprint density at radius 2 is 2.04 bits per heavy atom. The smallest absolute Gasteiger partial charge is 0.315 e. The fourth-order valence-electron chi connectivity index (χ4n) is 2.44. The van der Waals surface area contributed by atoms with E-state index in [0.717, 1.165) is 0 Å². The molecule has 8 nitrogen and oxygen atoms in total. The number of carbonyl (C=O) groups is 1. The monoisotopic (exact) mass is 347 g/mol. The number of hydrogen-bond donors (Lipinski definition) is 3. The lowest BCUT2D eigenvalue weighted by molar-refractivity contribution is -0.384. The fourth-order valence-corrected chi connectivity index (χ4v) is 2.44. The largest absolute Gasteiger partial charge is 0.467 e. The van der Waals surface area contributed by atoms with Gasteiger partial charge in [-0.15, -0.1) is 0 Å². The number of furan rings is 1. The SMILES string of the molecule is C[C@H](C[C@@H](O)c1ccco1)NC(=O)N[C@@H](C)c1cccc([N+](=O)[O-])c1. The summed E-state index contributed by atoms with van der Waals surface area (Å²) in [4.78, 5) is 22.4. The van der Waals surface area contributed by atoms with Crippen molar-refractivity contribution in [1.82, 2.24) is 10.6 Å². The molecule has 0 bridgehead atoms. The van der Waals surface area contributed by atoms with Crippen LogP contribution in [0.3, 0.4) is 0 Å². The molecule has 0 aliphatic carbocycles. The van der Waals surface area contributed by atoms with E-state index in [1.54, 1.807) is 38.1 Å². The molecule has 1 aromatic heterocycles. The lowest BCUT2D eigenvalue weighted by Crippen LogP contribution is -2.42. The van der Waals surface area contributed by atoms with Crippen LogP contribution in [0.5, 0.6) is 0 Å². The first-order valence-electron chi connectivity index (χ1n) is 7.89. The molecule has 0 aliphatic rings. The predicted molar refractivity (Wildman–Crippen MR) is 90.9 cm³/mol. The number of nitrogens with one attached hydrogen (secondary N) is 2. The minimum Gasteiger partial charge on any atom is -0.467 e. The fraction of sp³-hybridized carbons (Fsp3) is 0.353. The Bertz CT molecular complexity index is 717. The molecule has 0 aliphatic heterocycles. The first-order valence-corrected chi connectivity index (χ1v) is 7.89. The Labute approximate surface area is 145 Å². The van der Waals surface area contributed by atoms with Gasteiger partial charge in [0.15, 0.2) is 0 Å². The summed E-state index contributed by atoms with van der Waals surface area (Å²) in [6, 6.07) is 8.35. The average Bonchev–Trinajstić information content (AvgIpc) is 3.09. The third-order valence-electron chi connectivity index (χ3n) is 3.75. The summed E-state index contributed by atoms with van der Waals surface area (Å²) in [5, 5.41) is 26.3. The maximum Gasteiger partial charge on any atom is 0.315 e. The van der Waals surface area contributed by atoms with Gasteiger partial charge in [0.1, 0.15) is 11.9 Å². The number of urea groups is 1. The van der Waals surface area contributed by atoms with Crippen LogP contribution in [0.25, 0.3) is 0 Å². The van der Waals surface area contributed by atoms with E-state index < -0.39 is 23.1 Å². The first-order chi connectivity index (χ1) is 11.9. The van der Waals surface area contributed by atoms with Crippen molar-refractivity contribution in [3.05, 3.63) is 64.1 Å². The van der Waals surface area contributed by atoms with Crippen molar-refractivity contribution in [1.29, 1.82) is 0 Å². The summed E-state index contributed by atoms with van der Waals surface area (Å²) in [6.45, 7) is 3.50. The summed E-state index contributed by atoms with van der Waals surface area (Å²) in [7, 11) is 0. The molecule has 0 saturated heterocycles. The van der Waals surface area contributed by atoms with Crippen molar-refractivity contribution in [2.45, 2.75) is 38.5 Å². The summed E-state index contributed by atoms with van der Waals surface area (Å²) in [5.41, 5.74) is 0.606. The zero-order valence-corrected chi connectivity index (χ0v) is 14.0. The van der Waals surface area contributed by atoms with Crippen LogP contribution in [-0.4, -0.2) is 22.1 Å². The third-order valence-corrected chi connectivity index (χ3v) is 3.75. The van der Waals surface area contributed by atoms with Crippen molar-refractivity contribution < 1.29 is 19.2 Å². The molecule has 2 rings (SSSR count). The number of benzene rings is 1. The number of nitro groups is 1. The van der Waals surface area contributed by atoms with E-state index in [1.165, 1.54) is 18.4 Å². The van der Waals surface area contributed by atoms with Gasteiger partial charge in [0.05, 0.1) is 17.2 Å². The van der Waals surface area contributed by atoms with Gasteiger partial charge in [0.2, 0.25) is 0 Å². The first kappa shape index (κ1) is 18.5. The number of carbonyl (C=O) groups excluding carboxylic acids is 1. The van der Waals surface area contributed by atoms with Crippen molar-refractivity contribution in [2.24, 2.45) is 0 Å². The van der Waals surface area contributed by atoms with Crippen molar-refractivity contribution >= 4 is 11.7 Å². The molecule has 2 aromatic rings. The Hall–Kier alpha value is -2.87. The molecule has 0 radical (unpaired) electrons. The molecule has 0 unspecified atom stereocenters. The lowest BCUT2D eigenvalue weighted by Gasteiger charge is -2.20. The predicted octanol–water partition coefficient (Wildman–Crippen LogP) is 3.06. The second kappa shape index (κ2) is 8.29. The molecule has 3 atom stereocenters. The van der Waals surface area contributed by atoms with Crippen LogP contribution >= 0.6 is 0 Å². The Kier molecular flexibility index (Phi) is 6.13. The number of aliphatic hydroxyl groups excluding tert-OH is 1. The van der Waals surface area contributed by atoms with E-state index in [2.05, 4.69) is 10.6 Å². The van der Waals surface area contributed by atoms with Gasteiger partial charge < -0.3 is 20.2 Å². The molecule has 25 heavy (non-hydrogen) atoms. The van der Waals surface area contributed by atoms with E-state index in [9.17, 15) is 20.0 Å². The van der Waals surface area contributed by atoms with Gasteiger partial charge in [0, 0.05) is 24.6 Å². The van der Waals surface area contributed by atoms with Crippen LogP contribution in [0.2, 0.25) is 0 Å². The quantitative estimate of drug-likeness (QED) is 0.525. The van der Waals surface area contributed by atoms with Gasteiger partial charge in [-0.1, -0.05) is 12.1 Å². The van der Waals surface area contributed by atoms with Gasteiger partial charge in [-0.2, -0.15) is 0 Å². The molecule has 134 valence electrons. The van der Waals surface area contributed by atoms with Gasteiger partial charge >= 0.3 is 6.03 Å². The molecular formula is C17H21N3O5. The molecular weight excluding hydrogens is 326 g/mol. The van der Waals surface area contributed by atoms with Crippen molar-refractivity contribution in [2.75, 3.05) is 0 Å². The number of amides is 2. The molecule has 8 heteroatoms. The van der Waals surface area contributed by atoms with E-state index in [0.29, 0.717) is 17.7 Å². The maximum atomic E-state index is 12.1. The lowest BCUT2D eigenvalue weighted by atomic mass is 10.1. The number of hydrogen-bond acceptors (Lipinski definition) is 5. The highest BCUT2D eigenvalue weighted by Crippen LogP contribution is 2.20. The summed E-state index contributed by atoms with van der Waals surface area (Å²) in [5.74, 6) is 0.444. The Balaban J connectivity index is 1.86. The summed E-state index contributed by atoms with van der Waals surface area (Å²) in [6.07, 6.45) is 0.968. The number of nitro benzene ring substituents is 1.